The zero-order chi connectivity index (χ0) is 15.6. The maximum atomic E-state index is 11.6. The Morgan fingerprint density at radius 3 is 2.86 bits per heavy atom. The van der Waals surface area contributed by atoms with Crippen LogP contribution in [-0.4, -0.2) is 55.2 Å². The van der Waals surface area contributed by atoms with Gasteiger partial charge in [0.2, 0.25) is 5.91 Å². The second-order valence-electron chi connectivity index (χ2n) is 5.46. The first kappa shape index (κ1) is 16.7. The molecule has 1 aromatic heterocycles. The van der Waals surface area contributed by atoms with Gasteiger partial charge in [0.25, 0.3) is 0 Å². The molecule has 0 spiro atoms. The molecular weight excluding hydrogens is 280 g/mol. The molecule has 0 saturated carbocycles. The zero-order valence-corrected chi connectivity index (χ0v) is 13.3. The van der Waals surface area contributed by atoms with E-state index >= 15 is 0 Å². The smallest absolute Gasteiger partial charge is 0.225 e. The normalized spacial score (nSPS) is 15.5. The molecule has 2 N–H and O–H groups in total. The van der Waals surface area contributed by atoms with Crippen molar-refractivity contribution in [2.24, 2.45) is 0 Å². The van der Waals surface area contributed by atoms with E-state index in [-0.39, 0.29) is 5.91 Å². The van der Waals surface area contributed by atoms with E-state index in [0.29, 0.717) is 12.2 Å². The number of nitrogens with one attached hydrogen (secondary N) is 2. The van der Waals surface area contributed by atoms with Crippen LogP contribution < -0.4 is 10.6 Å². The number of pyridine rings is 1. The predicted molar refractivity (Wildman–Crippen MR) is 88.1 cm³/mol. The third kappa shape index (κ3) is 5.99. The highest BCUT2D eigenvalue weighted by Crippen LogP contribution is 2.10. The summed E-state index contributed by atoms with van der Waals surface area (Å²) in [5.74, 6) is 0.641. The van der Waals surface area contributed by atoms with Crippen LogP contribution >= 0.6 is 0 Å². The van der Waals surface area contributed by atoms with Gasteiger partial charge in [-0.25, -0.2) is 4.98 Å². The molecule has 2 rings (SSSR count). The molecule has 0 bridgehead atoms. The van der Waals surface area contributed by atoms with Crippen molar-refractivity contribution in [3.8, 4) is 0 Å². The van der Waals surface area contributed by atoms with Crippen molar-refractivity contribution in [1.82, 2.24) is 9.88 Å². The summed E-state index contributed by atoms with van der Waals surface area (Å²) in [6, 6.07) is 3.78. The van der Waals surface area contributed by atoms with Gasteiger partial charge in [0.05, 0.1) is 25.1 Å². The lowest BCUT2D eigenvalue weighted by atomic mass is 10.2. The number of hydrogen-bond acceptors (Lipinski definition) is 5. The van der Waals surface area contributed by atoms with Crippen LogP contribution in [0.3, 0.4) is 0 Å². The van der Waals surface area contributed by atoms with Crippen LogP contribution in [0.25, 0.3) is 0 Å². The molecule has 6 nitrogen and oxygen atoms in total. The Bertz CT molecular complexity index is 444. The highest BCUT2D eigenvalue weighted by atomic mass is 16.5. The van der Waals surface area contributed by atoms with Crippen molar-refractivity contribution in [3.63, 3.8) is 0 Å². The molecular formula is C16H26N4O2. The SMILES string of the molecule is CCCCC(=O)Nc1ccc(NCCN2CCOCC2)cn1. The number of hydrogen-bond donors (Lipinski definition) is 2. The number of carbonyl (C=O) groups excluding carboxylic acids is 1. The summed E-state index contributed by atoms with van der Waals surface area (Å²) in [4.78, 5) is 18.3. The first-order chi connectivity index (χ1) is 10.8. The Hall–Kier alpha value is -1.66. The number of unbranched alkanes of at least 4 members (excludes halogenated alkanes) is 1. The predicted octanol–water partition coefficient (Wildman–Crippen LogP) is 1.95. The Morgan fingerprint density at radius 2 is 2.18 bits per heavy atom. The van der Waals surface area contributed by atoms with Gasteiger partial charge in [0.15, 0.2) is 0 Å². The number of ether oxygens (including phenoxy) is 1. The minimum Gasteiger partial charge on any atom is -0.383 e. The third-order valence-electron chi connectivity index (χ3n) is 3.65. The summed E-state index contributed by atoms with van der Waals surface area (Å²) in [6.45, 7) is 7.61. The number of nitrogens with zero attached hydrogens (tertiary/aromatic N) is 2. The number of carbonyl (C=O) groups is 1. The highest BCUT2D eigenvalue weighted by molar-refractivity contribution is 5.89. The van der Waals surface area contributed by atoms with Gasteiger partial charge in [-0.3, -0.25) is 9.69 Å². The van der Waals surface area contributed by atoms with E-state index in [9.17, 15) is 4.79 Å². The fraction of sp³-hybridized carbons (Fsp3) is 0.625. The number of aromatic nitrogens is 1. The summed E-state index contributed by atoms with van der Waals surface area (Å²) in [7, 11) is 0. The minimum atomic E-state index is 0.0300. The van der Waals surface area contributed by atoms with Crippen LogP contribution in [0.1, 0.15) is 26.2 Å². The standard InChI is InChI=1S/C16H26N4O2/c1-2-3-4-16(21)19-15-6-5-14(13-18-15)17-7-8-20-9-11-22-12-10-20/h5-6,13,17H,2-4,7-12H2,1H3,(H,18,19,21). The lowest BCUT2D eigenvalue weighted by molar-refractivity contribution is -0.116. The Morgan fingerprint density at radius 1 is 1.36 bits per heavy atom. The van der Waals surface area contributed by atoms with Gasteiger partial charge < -0.3 is 15.4 Å². The van der Waals surface area contributed by atoms with Gasteiger partial charge in [-0.2, -0.15) is 0 Å². The second-order valence-corrected chi connectivity index (χ2v) is 5.46. The van der Waals surface area contributed by atoms with Crippen LogP contribution in [0, 0.1) is 0 Å². The van der Waals surface area contributed by atoms with Gasteiger partial charge in [0, 0.05) is 32.6 Å². The summed E-state index contributed by atoms with van der Waals surface area (Å²) in [5, 5.41) is 6.16. The highest BCUT2D eigenvalue weighted by Gasteiger charge is 2.09. The first-order valence-corrected chi connectivity index (χ1v) is 8.08. The monoisotopic (exact) mass is 306 g/mol. The molecule has 6 heteroatoms. The first-order valence-electron chi connectivity index (χ1n) is 8.08. The summed E-state index contributed by atoms with van der Waals surface area (Å²) in [6.07, 6.45) is 4.24. The fourth-order valence-electron chi connectivity index (χ4n) is 2.30. The Labute approximate surface area is 132 Å². The number of morpholine rings is 1. The van der Waals surface area contributed by atoms with E-state index in [1.165, 1.54) is 0 Å². The summed E-state index contributed by atoms with van der Waals surface area (Å²) in [5.41, 5.74) is 0.972. The van der Waals surface area contributed by atoms with E-state index in [0.717, 1.165) is 57.9 Å². The van der Waals surface area contributed by atoms with Crippen molar-refractivity contribution >= 4 is 17.4 Å². The number of rotatable bonds is 8. The average Bonchev–Trinajstić information content (AvgIpc) is 2.55. The third-order valence-corrected chi connectivity index (χ3v) is 3.65. The Balaban J connectivity index is 1.68. The second kappa shape index (κ2) is 9.38. The molecule has 0 atom stereocenters. The van der Waals surface area contributed by atoms with Crippen molar-refractivity contribution in [2.75, 3.05) is 50.0 Å². The van der Waals surface area contributed by atoms with E-state index in [4.69, 9.17) is 4.74 Å². The molecule has 1 saturated heterocycles. The minimum absolute atomic E-state index is 0.0300. The lowest BCUT2D eigenvalue weighted by Crippen LogP contribution is -2.39. The van der Waals surface area contributed by atoms with Gasteiger partial charge in [-0.1, -0.05) is 13.3 Å². The van der Waals surface area contributed by atoms with Gasteiger partial charge in [0.1, 0.15) is 5.82 Å². The van der Waals surface area contributed by atoms with Crippen molar-refractivity contribution < 1.29 is 9.53 Å². The maximum Gasteiger partial charge on any atom is 0.225 e. The van der Waals surface area contributed by atoms with Crippen LogP contribution in [-0.2, 0) is 9.53 Å². The lowest BCUT2D eigenvalue weighted by Gasteiger charge is -2.26. The molecule has 2 heterocycles. The molecule has 1 aromatic rings. The van der Waals surface area contributed by atoms with Gasteiger partial charge in [-0.05, 0) is 18.6 Å². The van der Waals surface area contributed by atoms with E-state index in [2.05, 4.69) is 27.4 Å². The quantitative estimate of drug-likeness (QED) is 0.768. The van der Waals surface area contributed by atoms with Crippen molar-refractivity contribution in [2.45, 2.75) is 26.2 Å². The fourth-order valence-corrected chi connectivity index (χ4v) is 2.30. The van der Waals surface area contributed by atoms with Crippen LogP contribution in [0.15, 0.2) is 18.3 Å². The molecule has 1 aliphatic heterocycles. The molecule has 0 radical (unpaired) electrons. The summed E-state index contributed by atoms with van der Waals surface area (Å²) < 4.78 is 5.33. The molecule has 22 heavy (non-hydrogen) atoms. The van der Waals surface area contributed by atoms with Crippen LogP contribution in [0.4, 0.5) is 11.5 Å². The number of anilines is 2. The van der Waals surface area contributed by atoms with Gasteiger partial charge in [-0.15, -0.1) is 0 Å². The molecule has 122 valence electrons. The van der Waals surface area contributed by atoms with Crippen molar-refractivity contribution in [1.29, 1.82) is 0 Å². The largest absolute Gasteiger partial charge is 0.383 e. The molecule has 0 unspecified atom stereocenters. The average molecular weight is 306 g/mol. The van der Waals surface area contributed by atoms with E-state index < -0.39 is 0 Å². The van der Waals surface area contributed by atoms with Crippen molar-refractivity contribution in [3.05, 3.63) is 18.3 Å². The number of amides is 1. The van der Waals surface area contributed by atoms with E-state index in [1.807, 2.05) is 12.1 Å². The molecule has 0 aromatic carbocycles. The van der Waals surface area contributed by atoms with Crippen LogP contribution in [0.5, 0.6) is 0 Å². The van der Waals surface area contributed by atoms with E-state index in [1.54, 1.807) is 6.20 Å². The topological polar surface area (TPSA) is 66.5 Å². The molecule has 1 aliphatic rings. The zero-order valence-electron chi connectivity index (χ0n) is 13.3. The molecule has 0 aliphatic carbocycles. The Kier molecular flexibility index (Phi) is 7.12. The van der Waals surface area contributed by atoms with Crippen LogP contribution in [0.2, 0.25) is 0 Å². The molecule has 1 amide bonds. The maximum absolute atomic E-state index is 11.6. The summed E-state index contributed by atoms with van der Waals surface area (Å²) >= 11 is 0. The molecule has 1 fully saturated rings. The van der Waals surface area contributed by atoms with Gasteiger partial charge >= 0.3 is 0 Å².